The predicted molar refractivity (Wildman–Crippen MR) is 95.8 cm³/mol. The maximum atomic E-state index is 12.3. The lowest BCUT2D eigenvalue weighted by Gasteiger charge is -2.62. The normalized spacial score (nSPS) is 43.1. The smallest absolute Gasteiger partial charge is 0.333 e. The van der Waals surface area contributed by atoms with E-state index in [4.69, 9.17) is 4.74 Å². The van der Waals surface area contributed by atoms with Crippen LogP contribution in [0.1, 0.15) is 65.7 Å². The summed E-state index contributed by atoms with van der Waals surface area (Å²) in [5.74, 6) is 0.240. The first-order valence-electron chi connectivity index (χ1n) is 9.63. The molecule has 2 fully saturated rings. The van der Waals surface area contributed by atoms with Gasteiger partial charge in [0.05, 0.1) is 18.6 Å². The van der Waals surface area contributed by atoms with E-state index in [1.165, 1.54) is 13.5 Å². The van der Waals surface area contributed by atoms with Crippen molar-refractivity contribution in [3.05, 3.63) is 11.6 Å². The fraction of sp³-hybridized carbons (Fsp3) is 0.810. The third-order valence-electron chi connectivity index (χ3n) is 7.89. The summed E-state index contributed by atoms with van der Waals surface area (Å²) in [6, 6.07) is 0. The second kappa shape index (κ2) is 6.22. The molecular formula is C21H32O4. The minimum atomic E-state index is -0.814. The van der Waals surface area contributed by atoms with Crippen LogP contribution in [-0.2, 0) is 14.3 Å². The molecule has 0 radical (unpaired) electrons. The van der Waals surface area contributed by atoms with E-state index in [1.54, 1.807) is 0 Å². The lowest BCUT2D eigenvalue weighted by atomic mass is 9.42. The van der Waals surface area contributed by atoms with Crippen LogP contribution in [0.25, 0.3) is 0 Å². The molecule has 0 aromatic heterocycles. The predicted octanol–water partition coefficient (Wildman–Crippen LogP) is 3.67. The van der Waals surface area contributed by atoms with E-state index < -0.39 is 11.5 Å². The summed E-state index contributed by atoms with van der Waals surface area (Å²) in [6.45, 7) is 7.03. The standard InChI is InChI=1S/C21H32O4/c1-19(2)9-5-10-20(3)15(19)8-11-21(13-22)16(20)7-6-14(12-17(21)23)18(24)25-4/h6,13,15-17,23H,5,7-12H2,1-4H3/t15?,16?,17?,20-,21?/m0/s1. The molecule has 0 aliphatic heterocycles. The molecule has 0 spiro atoms. The summed E-state index contributed by atoms with van der Waals surface area (Å²) >= 11 is 0. The quantitative estimate of drug-likeness (QED) is 0.611. The molecule has 4 nitrogen and oxygen atoms in total. The van der Waals surface area contributed by atoms with E-state index in [1.807, 2.05) is 6.08 Å². The average Bonchev–Trinajstić information content (AvgIpc) is 2.71. The van der Waals surface area contributed by atoms with Gasteiger partial charge in [-0.15, -0.1) is 0 Å². The molecule has 0 aromatic rings. The van der Waals surface area contributed by atoms with Gasteiger partial charge in [-0.3, -0.25) is 0 Å². The van der Waals surface area contributed by atoms with Crippen LogP contribution in [-0.4, -0.2) is 30.6 Å². The molecule has 0 saturated heterocycles. The third-order valence-corrected chi connectivity index (χ3v) is 7.89. The summed E-state index contributed by atoms with van der Waals surface area (Å²) in [6.07, 6.45) is 8.18. The number of fused-ring (bicyclic) bond motifs is 3. The Balaban J connectivity index is 2.05. The number of hydrogen-bond acceptors (Lipinski definition) is 4. The van der Waals surface area contributed by atoms with Crippen molar-refractivity contribution in [3.8, 4) is 0 Å². The molecule has 4 heteroatoms. The van der Waals surface area contributed by atoms with Gasteiger partial charge >= 0.3 is 5.97 Å². The number of carbonyl (C=O) groups is 2. The molecule has 5 atom stereocenters. The van der Waals surface area contributed by atoms with E-state index in [-0.39, 0.29) is 29.1 Å². The van der Waals surface area contributed by atoms with E-state index >= 15 is 0 Å². The van der Waals surface area contributed by atoms with Gasteiger partial charge in [-0.1, -0.05) is 33.3 Å². The van der Waals surface area contributed by atoms with Crippen LogP contribution in [0.5, 0.6) is 0 Å². The van der Waals surface area contributed by atoms with E-state index in [9.17, 15) is 14.7 Å². The summed E-state index contributed by atoms with van der Waals surface area (Å²) < 4.78 is 4.87. The van der Waals surface area contributed by atoms with Gasteiger partial charge in [0.25, 0.3) is 0 Å². The second-order valence-corrected chi connectivity index (χ2v) is 9.40. The molecule has 3 rings (SSSR count). The zero-order valence-corrected chi connectivity index (χ0v) is 16.0. The number of ether oxygens (including phenoxy) is 1. The van der Waals surface area contributed by atoms with Gasteiger partial charge in [0.1, 0.15) is 6.29 Å². The minimum absolute atomic E-state index is 0.0178. The van der Waals surface area contributed by atoms with E-state index in [0.717, 1.165) is 25.5 Å². The topological polar surface area (TPSA) is 63.6 Å². The number of methoxy groups -OCH3 is 1. The molecule has 0 heterocycles. The van der Waals surface area contributed by atoms with Crippen LogP contribution in [0.3, 0.4) is 0 Å². The lowest BCUT2D eigenvalue weighted by molar-refractivity contribution is -0.170. The summed E-state index contributed by atoms with van der Waals surface area (Å²) in [5.41, 5.74) is 0.0455. The van der Waals surface area contributed by atoms with Crippen molar-refractivity contribution in [2.24, 2.45) is 28.1 Å². The van der Waals surface area contributed by atoms with Gasteiger partial charge in [-0.2, -0.15) is 0 Å². The first-order chi connectivity index (χ1) is 11.7. The number of aliphatic hydroxyl groups is 1. The van der Waals surface area contributed by atoms with Crippen molar-refractivity contribution >= 4 is 12.3 Å². The summed E-state index contributed by atoms with van der Waals surface area (Å²) in [5, 5.41) is 11.0. The first kappa shape index (κ1) is 18.6. The molecule has 3 aliphatic rings. The average molecular weight is 348 g/mol. The SMILES string of the molecule is COC(=O)C1=CCC2C(C=O)(CCC3C(C)(C)CCC[C@@]32C)C(O)C1. The highest BCUT2D eigenvalue weighted by molar-refractivity contribution is 5.88. The number of carbonyl (C=O) groups excluding carboxylic acids is 2. The number of aldehydes is 1. The van der Waals surface area contributed by atoms with Gasteiger partial charge in [0, 0.05) is 12.0 Å². The molecule has 4 unspecified atom stereocenters. The Morgan fingerprint density at radius 2 is 1.96 bits per heavy atom. The number of esters is 1. The Morgan fingerprint density at radius 1 is 1.24 bits per heavy atom. The lowest BCUT2D eigenvalue weighted by Crippen LogP contribution is -2.59. The van der Waals surface area contributed by atoms with Crippen LogP contribution in [0.2, 0.25) is 0 Å². The second-order valence-electron chi connectivity index (χ2n) is 9.40. The molecule has 0 aromatic carbocycles. The monoisotopic (exact) mass is 348 g/mol. The van der Waals surface area contributed by atoms with E-state index in [0.29, 0.717) is 24.3 Å². The van der Waals surface area contributed by atoms with Crippen molar-refractivity contribution in [1.29, 1.82) is 0 Å². The molecule has 0 amide bonds. The van der Waals surface area contributed by atoms with Crippen molar-refractivity contribution in [2.75, 3.05) is 7.11 Å². The van der Waals surface area contributed by atoms with Crippen molar-refractivity contribution < 1.29 is 19.4 Å². The highest BCUT2D eigenvalue weighted by Crippen LogP contribution is 2.66. The maximum absolute atomic E-state index is 12.3. The largest absolute Gasteiger partial charge is 0.466 e. The molecule has 1 N–H and O–H groups in total. The minimum Gasteiger partial charge on any atom is -0.466 e. The Morgan fingerprint density at radius 3 is 2.60 bits per heavy atom. The van der Waals surface area contributed by atoms with E-state index in [2.05, 4.69) is 20.8 Å². The molecule has 3 aliphatic carbocycles. The van der Waals surface area contributed by atoms with Gasteiger partial charge in [-0.05, 0) is 54.8 Å². The van der Waals surface area contributed by atoms with Gasteiger partial charge < -0.3 is 14.6 Å². The molecule has 0 bridgehead atoms. The van der Waals surface area contributed by atoms with Crippen LogP contribution in [0, 0.1) is 28.1 Å². The molecule has 140 valence electrons. The van der Waals surface area contributed by atoms with Crippen molar-refractivity contribution in [1.82, 2.24) is 0 Å². The van der Waals surface area contributed by atoms with Gasteiger partial charge in [0.2, 0.25) is 0 Å². The number of rotatable bonds is 2. The maximum Gasteiger partial charge on any atom is 0.333 e. The molecule has 2 saturated carbocycles. The number of hydrogen-bond donors (Lipinski definition) is 1. The first-order valence-corrected chi connectivity index (χ1v) is 9.63. The number of aliphatic hydroxyl groups excluding tert-OH is 1. The zero-order chi connectivity index (χ0) is 18.5. The molecular weight excluding hydrogens is 316 g/mol. The summed E-state index contributed by atoms with van der Waals surface area (Å²) in [4.78, 5) is 24.3. The zero-order valence-electron chi connectivity index (χ0n) is 16.0. The molecule has 25 heavy (non-hydrogen) atoms. The van der Waals surface area contributed by atoms with Gasteiger partial charge in [0.15, 0.2) is 0 Å². The number of allylic oxidation sites excluding steroid dienone is 1. The highest BCUT2D eigenvalue weighted by atomic mass is 16.5. The van der Waals surface area contributed by atoms with Crippen LogP contribution in [0.15, 0.2) is 11.6 Å². The van der Waals surface area contributed by atoms with Crippen molar-refractivity contribution in [3.63, 3.8) is 0 Å². The Bertz CT molecular complexity index is 593. The Hall–Kier alpha value is -1.16. The Kier molecular flexibility index (Phi) is 4.64. The third kappa shape index (κ3) is 2.68. The van der Waals surface area contributed by atoms with Gasteiger partial charge in [-0.25, -0.2) is 4.79 Å². The van der Waals surface area contributed by atoms with Crippen LogP contribution < -0.4 is 0 Å². The van der Waals surface area contributed by atoms with Crippen LogP contribution >= 0.6 is 0 Å². The Labute approximate surface area is 151 Å². The fourth-order valence-corrected chi connectivity index (χ4v) is 6.63. The fourth-order valence-electron chi connectivity index (χ4n) is 6.63. The van der Waals surface area contributed by atoms with Crippen molar-refractivity contribution in [2.45, 2.75) is 71.8 Å². The highest BCUT2D eigenvalue weighted by Gasteiger charge is 2.62. The summed E-state index contributed by atoms with van der Waals surface area (Å²) in [7, 11) is 1.37. The van der Waals surface area contributed by atoms with Crippen LogP contribution in [0.4, 0.5) is 0 Å².